The molecule has 3 rings (SSSR count). The van der Waals surface area contributed by atoms with E-state index in [0.717, 1.165) is 17.6 Å². The second-order valence-corrected chi connectivity index (χ2v) is 8.27. The third kappa shape index (κ3) is 5.43. The van der Waals surface area contributed by atoms with Crippen LogP contribution in [-0.2, 0) is 32.7 Å². The van der Waals surface area contributed by atoms with Crippen molar-refractivity contribution in [3.63, 3.8) is 0 Å². The minimum Gasteiger partial charge on any atom is -0.445 e. The summed E-state index contributed by atoms with van der Waals surface area (Å²) in [7, 11) is -1.76. The van der Waals surface area contributed by atoms with Crippen molar-refractivity contribution in [2.75, 3.05) is 12.8 Å². The number of nitrogens with zero attached hydrogens (tertiary/aromatic N) is 3. The van der Waals surface area contributed by atoms with Gasteiger partial charge in [-0.2, -0.15) is 8.42 Å². The molecule has 2 unspecified atom stereocenters. The van der Waals surface area contributed by atoms with Crippen molar-refractivity contribution in [1.82, 2.24) is 14.5 Å². The molecule has 1 amide bonds. The summed E-state index contributed by atoms with van der Waals surface area (Å²) >= 11 is 0. The van der Waals surface area contributed by atoms with Crippen molar-refractivity contribution in [2.24, 2.45) is 7.05 Å². The first-order chi connectivity index (χ1) is 13.3. The number of aromatic nitrogens is 2. The van der Waals surface area contributed by atoms with E-state index in [1.54, 1.807) is 12.3 Å². The zero-order valence-electron chi connectivity index (χ0n) is 15.8. The van der Waals surface area contributed by atoms with Crippen molar-refractivity contribution in [3.8, 4) is 0 Å². The Balaban J connectivity index is 1.71. The number of benzene rings is 1. The second-order valence-electron chi connectivity index (χ2n) is 6.67. The predicted molar refractivity (Wildman–Crippen MR) is 104 cm³/mol. The highest BCUT2D eigenvalue weighted by Crippen LogP contribution is 2.24. The van der Waals surface area contributed by atoms with Gasteiger partial charge < -0.3 is 9.30 Å². The van der Waals surface area contributed by atoms with E-state index in [1.165, 1.54) is 4.90 Å². The number of carbonyl (C=O) groups is 1. The molecule has 1 aromatic heterocycles. The Bertz CT molecular complexity index is 939. The average molecular weight is 405 g/mol. The molecule has 2 aromatic rings. The number of imidazole rings is 1. The number of rotatable bonds is 6. The van der Waals surface area contributed by atoms with Crippen LogP contribution in [0.25, 0.3) is 6.08 Å². The Morgan fingerprint density at radius 3 is 2.71 bits per heavy atom. The molecule has 0 spiro atoms. The number of carbonyl (C=O) groups excluding carboxylic acids is 1. The molecular weight excluding hydrogens is 382 g/mol. The van der Waals surface area contributed by atoms with E-state index < -0.39 is 22.3 Å². The first kappa shape index (κ1) is 20.1. The number of aryl methyl sites for hydroxylation is 1. The molecule has 150 valence electrons. The van der Waals surface area contributed by atoms with Gasteiger partial charge in [-0.3, -0.25) is 9.08 Å². The van der Waals surface area contributed by atoms with E-state index in [-0.39, 0.29) is 19.2 Å². The SMILES string of the molecule is Cn1ccnc1C=CC1CC(OS(C)(=O)=O)CN1C(=O)OCc1ccccc1. The van der Waals surface area contributed by atoms with Crippen LogP contribution in [0.1, 0.15) is 17.8 Å². The van der Waals surface area contributed by atoms with Gasteiger partial charge in [0.1, 0.15) is 12.4 Å². The normalized spacial score (nSPS) is 20.0. The minimum absolute atomic E-state index is 0.135. The minimum atomic E-state index is -3.62. The van der Waals surface area contributed by atoms with E-state index in [0.29, 0.717) is 6.42 Å². The van der Waals surface area contributed by atoms with Crippen LogP contribution >= 0.6 is 0 Å². The highest BCUT2D eigenvalue weighted by Gasteiger charge is 2.37. The fourth-order valence-electron chi connectivity index (χ4n) is 3.07. The first-order valence-corrected chi connectivity index (χ1v) is 10.6. The maximum absolute atomic E-state index is 12.6. The molecule has 1 aliphatic rings. The highest BCUT2D eigenvalue weighted by molar-refractivity contribution is 7.86. The lowest BCUT2D eigenvalue weighted by molar-refractivity contribution is 0.0938. The smallest absolute Gasteiger partial charge is 0.410 e. The van der Waals surface area contributed by atoms with E-state index in [4.69, 9.17) is 8.92 Å². The lowest BCUT2D eigenvalue weighted by atomic mass is 10.2. The molecule has 0 saturated carbocycles. The van der Waals surface area contributed by atoms with Crippen LogP contribution < -0.4 is 0 Å². The fraction of sp³-hybridized carbons (Fsp3) is 0.368. The van der Waals surface area contributed by atoms with Gasteiger partial charge in [-0.05, 0) is 11.6 Å². The topological polar surface area (TPSA) is 90.7 Å². The second kappa shape index (κ2) is 8.57. The van der Waals surface area contributed by atoms with E-state index in [1.807, 2.05) is 54.2 Å². The molecule has 1 aliphatic heterocycles. The number of hydrogen-bond acceptors (Lipinski definition) is 6. The summed E-state index contributed by atoms with van der Waals surface area (Å²) in [6.45, 7) is 0.278. The Morgan fingerprint density at radius 2 is 2.07 bits per heavy atom. The molecular formula is C19H23N3O5S. The van der Waals surface area contributed by atoms with Crippen molar-refractivity contribution in [2.45, 2.75) is 25.2 Å². The quantitative estimate of drug-likeness (QED) is 0.685. The first-order valence-electron chi connectivity index (χ1n) is 8.83. The van der Waals surface area contributed by atoms with Crippen molar-refractivity contribution in [1.29, 1.82) is 0 Å². The number of likely N-dealkylation sites (tertiary alicyclic amines) is 1. The molecule has 28 heavy (non-hydrogen) atoms. The number of amides is 1. The van der Waals surface area contributed by atoms with Crippen LogP contribution in [-0.4, -0.2) is 53.9 Å². The van der Waals surface area contributed by atoms with Gasteiger partial charge in [0.25, 0.3) is 10.1 Å². The molecule has 0 radical (unpaired) electrons. The van der Waals surface area contributed by atoms with E-state index in [2.05, 4.69) is 4.98 Å². The van der Waals surface area contributed by atoms with Crippen LogP contribution in [0.2, 0.25) is 0 Å². The average Bonchev–Trinajstić information content (AvgIpc) is 3.23. The van der Waals surface area contributed by atoms with Gasteiger partial charge in [0.2, 0.25) is 0 Å². The van der Waals surface area contributed by atoms with Crippen molar-refractivity contribution >= 4 is 22.3 Å². The summed E-state index contributed by atoms with van der Waals surface area (Å²) in [6.07, 6.45) is 7.33. The Hall–Kier alpha value is -2.65. The van der Waals surface area contributed by atoms with Gasteiger partial charge >= 0.3 is 6.09 Å². The van der Waals surface area contributed by atoms with E-state index >= 15 is 0 Å². The summed E-state index contributed by atoms with van der Waals surface area (Å²) in [4.78, 5) is 18.3. The summed E-state index contributed by atoms with van der Waals surface area (Å²) < 4.78 is 35.3. The van der Waals surface area contributed by atoms with E-state index in [9.17, 15) is 13.2 Å². The molecule has 0 aliphatic carbocycles. The Morgan fingerprint density at radius 1 is 1.32 bits per heavy atom. The summed E-state index contributed by atoms with van der Waals surface area (Å²) in [5.41, 5.74) is 0.874. The Kier molecular flexibility index (Phi) is 6.15. The summed E-state index contributed by atoms with van der Waals surface area (Å²) in [6, 6.07) is 9.00. The maximum atomic E-state index is 12.6. The predicted octanol–water partition coefficient (Wildman–Crippen LogP) is 2.19. The number of ether oxygens (including phenoxy) is 1. The number of hydrogen-bond donors (Lipinski definition) is 0. The fourth-order valence-corrected chi connectivity index (χ4v) is 3.71. The van der Waals surface area contributed by atoms with Crippen LogP contribution in [0.4, 0.5) is 4.79 Å². The third-order valence-electron chi connectivity index (χ3n) is 4.38. The lowest BCUT2D eigenvalue weighted by Crippen LogP contribution is -2.35. The molecule has 2 heterocycles. The van der Waals surface area contributed by atoms with Crippen LogP contribution in [0.5, 0.6) is 0 Å². The van der Waals surface area contributed by atoms with Crippen LogP contribution in [0, 0.1) is 0 Å². The molecule has 0 bridgehead atoms. The Labute approximate surface area is 164 Å². The van der Waals surface area contributed by atoms with Gasteiger partial charge in [0.15, 0.2) is 0 Å². The van der Waals surface area contributed by atoms with Crippen LogP contribution in [0.15, 0.2) is 48.8 Å². The van der Waals surface area contributed by atoms with Gasteiger partial charge in [-0.25, -0.2) is 9.78 Å². The highest BCUT2D eigenvalue weighted by atomic mass is 32.2. The zero-order chi connectivity index (χ0) is 20.1. The molecule has 0 N–H and O–H groups in total. The largest absolute Gasteiger partial charge is 0.445 e. The van der Waals surface area contributed by atoms with Gasteiger partial charge in [-0.1, -0.05) is 36.4 Å². The third-order valence-corrected chi connectivity index (χ3v) is 5.00. The maximum Gasteiger partial charge on any atom is 0.410 e. The van der Waals surface area contributed by atoms with Crippen molar-refractivity contribution in [3.05, 3.63) is 60.2 Å². The molecule has 1 fully saturated rings. The zero-order valence-corrected chi connectivity index (χ0v) is 16.6. The van der Waals surface area contributed by atoms with Crippen molar-refractivity contribution < 1.29 is 22.1 Å². The molecule has 9 heteroatoms. The molecule has 8 nitrogen and oxygen atoms in total. The molecule has 1 aromatic carbocycles. The summed E-state index contributed by atoms with van der Waals surface area (Å²) in [5.74, 6) is 0.727. The van der Waals surface area contributed by atoms with Gasteiger partial charge in [0, 0.05) is 25.9 Å². The monoisotopic (exact) mass is 405 g/mol. The van der Waals surface area contributed by atoms with Gasteiger partial charge in [-0.15, -0.1) is 0 Å². The summed E-state index contributed by atoms with van der Waals surface area (Å²) in [5, 5.41) is 0. The molecule has 2 atom stereocenters. The van der Waals surface area contributed by atoms with Gasteiger partial charge in [0.05, 0.1) is 24.9 Å². The lowest BCUT2D eigenvalue weighted by Gasteiger charge is -2.21. The molecule has 1 saturated heterocycles. The standard InChI is InChI=1S/C19H23N3O5S/c1-21-11-10-20-18(21)9-8-16-12-17(27-28(2,24)25)13-22(16)19(23)26-14-15-6-4-3-5-7-15/h3-11,16-17H,12-14H2,1-2H3. The van der Waals surface area contributed by atoms with Crippen LogP contribution in [0.3, 0.4) is 0 Å².